The lowest BCUT2D eigenvalue weighted by atomic mass is 10.0. The van der Waals surface area contributed by atoms with E-state index in [0.717, 1.165) is 40.9 Å². The van der Waals surface area contributed by atoms with Crippen LogP contribution >= 0.6 is 0 Å². The molecule has 5 rings (SSSR count). The Morgan fingerprint density at radius 2 is 1.84 bits per heavy atom. The van der Waals surface area contributed by atoms with E-state index in [4.69, 9.17) is 13.9 Å². The van der Waals surface area contributed by atoms with Crippen molar-refractivity contribution in [2.45, 2.75) is 19.6 Å². The number of ether oxygens (including phenoxy) is 2. The molecule has 0 radical (unpaired) electrons. The summed E-state index contributed by atoms with van der Waals surface area (Å²) >= 11 is 0. The second kappa shape index (κ2) is 8.28. The van der Waals surface area contributed by atoms with Crippen molar-refractivity contribution in [1.82, 2.24) is 5.32 Å². The molecule has 0 aliphatic carbocycles. The number of benzene rings is 3. The third-order valence-corrected chi connectivity index (χ3v) is 5.62. The number of fused-ring (bicyclic) bond motifs is 2. The fraction of sp³-hybridized carbons (Fsp3) is 0.192. The third kappa shape index (κ3) is 3.80. The Bertz CT molecular complexity index is 1240. The number of hydrogen-bond acceptors (Lipinski definition) is 4. The van der Waals surface area contributed by atoms with Crippen molar-refractivity contribution in [3.8, 4) is 16.9 Å². The summed E-state index contributed by atoms with van der Waals surface area (Å²) in [7, 11) is 1.61. The van der Waals surface area contributed by atoms with Crippen molar-refractivity contribution in [3.05, 3.63) is 89.2 Å². The highest BCUT2D eigenvalue weighted by Gasteiger charge is 2.20. The Kier molecular flexibility index (Phi) is 5.18. The summed E-state index contributed by atoms with van der Waals surface area (Å²) in [6, 6.07) is 22.2. The van der Waals surface area contributed by atoms with Gasteiger partial charge in [-0.2, -0.15) is 0 Å². The van der Waals surface area contributed by atoms with E-state index >= 15 is 0 Å². The minimum Gasteiger partial charge on any atom is -0.493 e. The number of rotatable bonds is 6. The van der Waals surface area contributed by atoms with Gasteiger partial charge in [-0.05, 0) is 40.5 Å². The summed E-state index contributed by atoms with van der Waals surface area (Å²) < 4.78 is 16.7. The molecule has 31 heavy (non-hydrogen) atoms. The van der Waals surface area contributed by atoms with Crippen molar-refractivity contribution in [3.63, 3.8) is 0 Å². The Labute approximate surface area is 180 Å². The van der Waals surface area contributed by atoms with Gasteiger partial charge in [-0.15, -0.1) is 0 Å². The summed E-state index contributed by atoms with van der Waals surface area (Å²) in [5, 5.41) is 3.86. The van der Waals surface area contributed by atoms with Crippen LogP contribution in [0.1, 0.15) is 27.2 Å². The molecule has 156 valence electrons. The minimum absolute atomic E-state index is 0.244. The Morgan fingerprint density at radius 1 is 1.03 bits per heavy atom. The first-order valence-electron chi connectivity index (χ1n) is 10.4. The zero-order valence-corrected chi connectivity index (χ0v) is 17.3. The van der Waals surface area contributed by atoms with Gasteiger partial charge in [0.1, 0.15) is 11.3 Å². The van der Waals surface area contributed by atoms with Gasteiger partial charge in [-0.3, -0.25) is 4.79 Å². The second-order valence-electron chi connectivity index (χ2n) is 7.64. The number of carbonyl (C=O) groups excluding carboxylic acids is 1. The van der Waals surface area contributed by atoms with Crippen LogP contribution in [0, 0.1) is 0 Å². The van der Waals surface area contributed by atoms with E-state index < -0.39 is 0 Å². The van der Waals surface area contributed by atoms with E-state index in [-0.39, 0.29) is 5.91 Å². The average Bonchev–Trinajstić information content (AvgIpc) is 3.42. The van der Waals surface area contributed by atoms with Crippen LogP contribution in [0.4, 0.5) is 0 Å². The summed E-state index contributed by atoms with van der Waals surface area (Å²) in [4.78, 5) is 12.8. The number of nitrogens with one attached hydrogen (secondary N) is 1. The first-order valence-corrected chi connectivity index (χ1v) is 10.4. The molecule has 0 atom stereocenters. The van der Waals surface area contributed by atoms with E-state index in [0.29, 0.717) is 24.5 Å². The summed E-state index contributed by atoms with van der Waals surface area (Å²) in [6.07, 6.45) is 0.958. The fourth-order valence-electron chi connectivity index (χ4n) is 4.01. The van der Waals surface area contributed by atoms with Crippen molar-refractivity contribution < 1.29 is 18.7 Å². The molecule has 1 aromatic heterocycles. The van der Waals surface area contributed by atoms with E-state index in [1.165, 1.54) is 11.1 Å². The third-order valence-electron chi connectivity index (χ3n) is 5.62. The van der Waals surface area contributed by atoms with Gasteiger partial charge in [0.2, 0.25) is 0 Å². The molecule has 3 aromatic carbocycles. The normalized spacial score (nSPS) is 12.5. The van der Waals surface area contributed by atoms with Gasteiger partial charge in [0.05, 0.1) is 13.2 Å². The molecule has 1 aliphatic heterocycles. The lowest BCUT2D eigenvalue weighted by Gasteiger charge is -2.08. The molecule has 0 bridgehead atoms. The summed E-state index contributed by atoms with van der Waals surface area (Å²) in [6.45, 7) is 1.50. The van der Waals surface area contributed by atoms with Gasteiger partial charge in [0.25, 0.3) is 5.91 Å². The smallest absolute Gasteiger partial charge is 0.287 e. The number of amides is 1. The Balaban J connectivity index is 1.30. The topological polar surface area (TPSA) is 60.7 Å². The number of para-hydroxylation sites is 1. The second-order valence-corrected chi connectivity index (χ2v) is 7.64. The Hall–Kier alpha value is -3.57. The molecular formula is C26H23NO4. The lowest BCUT2D eigenvalue weighted by Crippen LogP contribution is -2.23. The minimum atomic E-state index is -0.244. The predicted octanol–water partition coefficient (Wildman–Crippen LogP) is 5.11. The lowest BCUT2D eigenvalue weighted by molar-refractivity contribution is 0.0918. The van der Waals surface area contributed by atoms with Crippen LogP contribution in [-0.2, 0) is 24.3 Å². The van der Waals surface area contributed by atoms with Gasteiger partial charge in [-0.1, -0.05) is 48.5 Å². The molecule has 0 fully saturated rings. The predicted molar refractivity (Wildman–Crippen MR) is 119 cm³/mol. The highest BCUT2D eigenvalue weighted by molar-refractivity contribution is 5.99. The van der Waals surface area contributed by atoms with Crippen molar-refractivity contribution in [2.24, 2.45) is 0 Å². The van der Waals surface area contributed by atoms with Crippen molar-refractivity contribution in [2.75, 3.05) is 13.7 Å². The molecule has 5 heteroatoms. The van der Waals surface area contributed by atoms with Gasteiger partial charge >= 0.3 is 0 Å². The molecule has 5 nitrogen and oxygen atoms in total. The van der Waals surface area contributed by atoms with Gasteiger partial charge in [0, 0.05) is 31.0 Å². The summed E-state index contributed by atoms with van der Waals surface area (Å²) in [5.41, 5.74) is 6.05. The van der Waals surface area contributed by atoms with Crippen molar-refractivity contribution >= 4 is 16.9 Å². The molecule has 0 spiro atoms. The van der Waals surface area contributed by atoms with E-state index in [1.54, 1.807) is 7.11 Å². The molecule has 1 aliphatic rings. The van der Waals surface area contributed by atoms with Crippen LogP contribution in [0.5, 0.6) is 5.75 Å². The summed E-state index contributed by atoms with van der Waals surface area (Å²) in [5.74, 6) is 1.05. The van der Waals surface area contributed by atoms with Crippen LogP contribution in [0.15, 0.2) is 71.1 Å². The first kappa shape index (κ1) is 19.4. The molecule has 0 saturated carbocycles. The molecule has 1 N–H and O–H groups in total. The highest BCUT2D eigenvalue weighted by Crippen LogP contribution is 2.31. The van der Waals surface area contributed by atoms with Crippen LogP contribution in [0.2, 0.25) is 0 Å². The van der Waals surface area contributed by atoms with Gasteiger partial charge < -0.3 is 19.2 Å². The number of methoxy groups -OCH3 is 1. The first-order chi connectivity index (χ1) is 15.2. The fourth-order valence-corrected chi connectivity index (χ4v) is 4.01. The maximum atomic E-state index is 12.8. The molecular weight excluding hydrogens is 390 g/mol. The van der Waals surface area contributed by atoms with Crippen LogP contribution < -0.4 is 10.1 Å². The van der Waals surface area contributed by atoms with E-state index in [1.807, 2.05) is 42.5 Å². The number of carbonyl (C=O) groups is 1. The maximum absolute atomic E-state index is 12.8. The number of furan rings is 1. The average molecular weight is 413 g/mol. The van der Waals surface area contributed by atoms with E-state index in [2.05, 4.69) is 29.6 Å². The highest BCUT2D eigenvalue weighted by atomic mass is 16.5. The molecule has 1 amide bonds. The molecule has 2 heterocycles. The Morgan fingerprint density at radius 3 is 2.68 bits per heavy atom. The maximum Gasteiger partial charge on any atom is 0.287 e. The quantitative estimate of drug-likeness (QED) is 0.477. The number of hydrogen-bond donors (Lipinski definition) is 1. The van der Waals surface area contributed by atoms with Crippen molar-refractivity contribution in [1.29, 1.82) is 0 Å². The van der Waals surface area contributed by atoms with Gasteiger partial charge in [-0.25, -0.2) is 0 Å². The standard InChI is InChI=1S/C26H23NO4/c1-29-16-22-21-4-2-3-5-24(21)31-25(22)26(28)27-15-17-6-8-18(9-7-17)19-10-11-23-20(14-19)12-13-30-23/h2-11,14H,12-13,15-16H2,1H3,(H,27,28). The van der Waals surface area contributed by atoms with E-state index in [9.17, 15) is 4.79 Å². The SMILES string of the molecule is COCc1c(C(=O)NCc2ccc(-c3ccc4c(c3)CCO4)cc2)oc2ccccc12. The molecule has 0 unspecified atom stereocenters. The van der Waals surface area contributed by atoms with Crippen LogP contribution in [0.25, 0.3) is 22.1 Å². The monoisotopic (exact) mass is 413 g/mol. The zero-order valence-electron chi connectivity index (χ0n) is 17.3. The molecule has 4 aromatic rings. The molecule has 0 saturated heterocycles. The van der Waals surface area contributed by atoms with Crippen LogP contribution in [-0.4, -0.2) is 19.6 Å². The largest absolute Gasteiger partial charge is 0.493 e. The van der Waals surface area contributed by atoms with Gasteiger partial charge in [0.15, 0.2) is 5.76 Å². The zero-order chi connectivity index (χ0) is 21.2. The van der Waals surface area contributed by atoms with Crippen LogP contribution in [0.3, 0.4) is 0 Å².